The van der Waals surface area contributed by atoms with Crippen molar-refractivity contribution in [2.45, 2.75) is 212 Å². The minimum Gasteiger partial charge on any atom is -0.493 e. The zero-order chi connectivity index (χ0) is 38.6. The zero-order valence-electron chi connectivity index (χ0n) is 35.5. The molecule has 0 aromatic heterocycles. The molecule has 0 heterocycles. The van der Waals surface area contributed by atoms with E-state index >= 15 is 0 Å². The normalized spacial score (nSPS) is 11.5. The SMILES string of the molecule is CCCCCCCCCCCCCCCCOc1cc(C=CC(=O)c2ccc(SCCC)cc2)cc(OCCCCCCCCCCCCCCCC)c1. The van der Waals surface area contributed by atoms with Crippen molar-refractivity contribution in [3.8, 4) is 11.5 Å². The Labute approximate surface area is 338 Å². The highest BCUT2D eigenvalue weighted by molar-refractivity contribution is 7.99. The predicted octanol–water partition coefficient (Wildman–Crippen LogP) is 16.8. The third-order valence-corrected chi connectivity index (χ3v) is 11.7. The number of carbonyl (C=O) groups excluding carboxylic acids is 1. The van der Waals surface area contributed by atoms with E-state index in [9.17, 15) is 4.79 Å². The van der Waals surface area contributed by atoms with Gasteiger partial charge in [0.05, 0.1) is 13.2 Å². The number of hydrogen-bond acceptors (Lipinski definition) is 4. The minimum atomic E-state index is 0.0145. The second kappa shape index (κ2) is 35.2. The smallest absolute Gasteiger partial charge is 0.185 e. The summed E-state index contributed by atoms with van der Waals surface area (Å²) in [5.41, 5.74) is 1.65. The summed E-state index contributed by atoms with van der Waals surface area (Å²) in [5, 5.41) is 0. The lowest BCUT2D eigenvalue weighted by Crippen LogP contribution is -2.01. The summed E-state index contributed by atoms with van der Waals surface area (Å²) in [5.74, 6) is 2.76. The summed E-state index contributed by atoms with van der Waals surface area (Å²) < 4.78 is 12.5. The Bertz CT molecular complexity index is 1120. The molecule has 2 aromatic carbocycles. The molecule has 2 aromatic rings. The van der Waals surface area contributed by atoms with Gasteiger partial charge in [0.25, 0.3) is 0 Å². The third kappa shape index (κ3) is 26.6. The lowest BCUT2D eigenvalue weighted by atomic mass is 10.0. The molecule has 4 heteroatoms. The molecule has 3 nitrogen and oxygen atoms in total. The molecule has 0 fully saturated rings. The van der Waals surface area contributed by atoms with E-state index in [1.807, 2.05) is 48.2 Å². The van der Waals surface area contributed by atoms with Crippen LogP contribution in [-0.2, 0) is 0 Å². The van der Waals surface area contributed by atoms with Crippen LogP contribution in [0.3, 0.4) is 0 Å². The van der Waals surface area contributed by atoms with Gasteiger partial charge in [-0.05, 0) is 73.1 Å². The van der Waals surface area contributed by atoms with Gasteiger partial charge in [-0.15, -0.1) is 11.8 Å². The average Bonchev–Trinajstić information content (AvgIpc) is 3.19. The van der Waals surface area contributed by atoms with E-state index in [2.05, 4.69) is 32.9 Å². The van der Waals surface area contributed by atoms with Crippen LogP contribution in [0, 0.1) is 0 Å². The van der Waals surface area contributed by atoms with Crippen molar-refractivity contribution in [3.05, 3.63) is 59.7 Å². The van der Waals surface area contributed by atoms with Crippen LogP contribution in [-0.4, -0.2) is 24.7 Å². The van der Waals surface area contributed by atoms with Crippen molar-refractivity contribution in [1.29, 1.82) is 0 Å². The molecule has 0 radical (unpaired) electrons. The van der Waals surface area contributed by atoms with Crippen molar-refractivity contribution in [2.24, 2.45) is 0 Å². The molecule has 0 N–H and O–H groups in total. The molecule has 0 unspecified atom stereocenters. The number of unbranched alkanes of at least 4 members (excludes halogenated alkanes) is 26. The molecule has 0 spiro atoms. The first-order chi connectivity index (χ1) is 26.7. The van der Waals surface area contributed by atoms with Crippen molar-refractivity contribution < 1.29 is 14.3 Å². The molecule has 0 aliphatic carbocycles. The number of hydrogen-bond donors (Lipinski definition) is 0. The number of carbonyl (C=O) groups is 1. The van der Waals surface area contributed by atoms with Crippen molar-refractivity contribution in [3.63, 3.8) is 0 Å². The third-order valence-electron chi connectivity index (χ3n) is 10.5. The van der Waals surface area contributed by atoms with Gasteiger partial charge in [0.1, 0.15) is 11.5 Å². The molecule has 2 rings (SSSR count). The van der Waals surface area contributed by atoms with Crippen molar-refractivity contribution in [2.75, 3.05) is 19.0 Å². The monoisotopic (exact) mass is 763 g/mol. The van der Waals surface area contributed by atoms with E-state index in [1.165, 1.54) is 172 Å². The lowest BCUT2D eigenvalue weighted by molar-refractivity contribution is 0.104. The largest absolute Gasteiger partial charge is 0.493 e. The van der Waals surface area contributed by atoms with Gasteiger partial charge in [-0.1, -0.05) is 194 Å². The molecular weight excluding hydrogens is 681 g/mol. The molecule has 0 saturated heterocycles. The Balaban J connectivity index is 1.73. The van der Waals surface area contributed by atoms with Gasteiger partial charge in [-0.2, -0.15) is 0 Å². The highest BCUT2D eigenvalue weighted by Gasteiger charge is 2.06. The minimum absolute atomic E-state index is 0.0145. The predicted molar refractivity (Wildman–Crippen MR) is 239 cm³/mol. The summed E-state index contributed by atoms with van der Waals surface area (Å²) in [6.45, 7) is 8.19. The molecule has 0 aliphatic rings. The molecule has 0 bridgehead atoms. The second-order valence-corrected chi connectivity index (χ2v) is 16.9. The van der Waals surface area contributed by atoms with Crippen LogP contribution in [0.15, 0.2) is 53.4 Å². The van der Waals surface area contributed by atoms with Crippen LogP contribution >= 0.6 is 11.8 Å². The summed E-state index contributed by atoms with van der Waals surface area (Å²) in [6.07, 6.45) is 42.6. The van der Waals surface area contributed by atoms with Crippen LogP contribution in [0.5, 0.6) is 11.5 Å². The van der Waals surface area contributed by atoms with E-state index in [0.29, 0.717) is 18.8 Å². The first-order valence-corrected chi connectivity index (χ1v) is 24.0. The van der Waals surface area contributed by atoms with E-state index < -0.39 is 0 Å². The first kappa shape index (κ1) is 48.0. The number of ether oxygens (including phenoxy) is 2. The van der Waals surface area contributed by atoms with E-state index in [4.69, 9.17) is 9.47 Å². The summed E-state index contributed by atoms with van der Waals surface area (Å²) >= 11 is 1.83. The summed E-state index contributed by atoms with van der Waals surface area (Å²) in [6, 6.07) is 14.1. The Morgan fingerprint density at radius 3 is 1.22 bits per heavy atom. The maximum atomic E-state index is 13.0. The van der Waals surface area contributed by atoms with Crippen molar-refractivity contribution in [1.82, 2.24) is 0 Å². The number of thioether (sulfide) groups is 1. The van der Waals surface area contributed by atoms with Gasteiger partial charge < -0.3 is 9.47 Å². The number of rotatable bonds is 38. The van der Waals surface area contributed by atoms with Gasteiger partial charge in [0.2, 0.25) is 0 Å². The maximum Gasteiger partial charge on any atom is 0.185 e. The Kier molecular flexibility index (Phi) is 31.3. The summed E-state index contributed by atoms with van der Waals surface area (Å²) in [4.78, 5) is 14.2. The maximum absolute atomic E-state index is 13.0. The van der Waals surface area contributed by atoms with Gasteiger partial charge in [0.15, 0.2) is 5.78 Å². The molecule has 306 valence electrons. The molecule has 0 saturated carbocycles. The fraction of sp³-hybridized carbons (Fsp3) is 0.700. The van der Waals surface area contributed by atoms with Crippen LogP contribution in [0.4, 0.5) is 0 Å². The van der Waals surface area contributed by atoms with Crippen LogP contribution < -0.4 is 9.47 Å². The summed E-state index contributed by atoms with van der Waals surface area (Å²) in [7, 11) is 0. The highest BCUT2D eigenvalue weighted by Crippen LogP contribution is 2.26. The standard InChI is InChI=1S/C50H82O3S/c1-4-7-9-11-13-15-17-19-21-23-25-27-29-31-39-52-47-42-45(33-38-50(51)46-34-36-49(37-35-46)54-41-6-3)43-48(44-47)53-40-32-30-28-26-24-22-20-18-16-14-12-10-8-5-2/h33-38,42-44H,4-32,39-41H2,1-3H3. The average molecular weight is 763 g/mol. The fourth-order valence-corrected chi connectivity index (χ4v) is 7.80. The van der Waals surface area contributed by atoms with E-state index in [-0.39, 0.29) is 5.78 Å². The number of allylic oxidation sites excluding steroid dienone is 1. The van der Waals surface area contributed by atoms with Gasteiger partial charge >= 0.3 is 0 Å². The van der Waals surface area contributed by atoms with Crippen molar-refractivity contribution >= 4 is 23.6 Å². The van der Waals surface area contributed by atoms with Crippen LogP contribution in [0.2, 0.25) is 0 Å². The highest BCUT2D eigenvalue weighted by atomic mass is 32.2. The number of benzene rings is 2. The zero-order valence-corrected chi connectivity index (χ0v) is 36.3. The van der Waals surface area contributed by atoms with Gasteiger partial charge in [0, 0.05) is 16.5 Å². The van der Waals surface area contributed by atoms with Crippen LogP contribution in [0.25, 0.3) is 6.08 Å². The molecule has 0 aliphatic heterocycles. The Morgan fingerprint density at radius 1 is 0.481 bits per heavy atom. The topological polar surface area (TPSA) is 35.5 Å². The Morgan fingerprint density at radius 2 is 0.852 bits per heavy atom. The van der Waals surface area contributed by atoms with Crippen LogP contribution in [0.1, 0.15) is 223 Å². The molecule has 54 heavy (non-hydrogen) atoms. The second-order valence-electron chi connectivity index (χ2n) is 15.7. The lowest BCUT2D eigenvalue weighted by Gasteiger charge is -2.12. The van der Waals surface area contributed by atoms with E-state index in [0.717, 1.165) is 42.1 Å². The quantitative estimate of drug-likeness (QED) is 0.0295. The molecular formula is C50H82O3S. The molecule has 0 atom stereocenters. The number of ketones is 1. The Hall–Kier alpha value is -2.20. The first-order valence-electron chi connectivity index (χ1n) is 23.0. The van der Waals surface area contributed by atoms with E-state index in [1.54, 1.807) is 6.08 Å². The molecule has 0 amide bonds. The fourth-order valence-electron chi connectivity index (χ4n) is 7.03. The van der Waals surface area contributed by atoms with Gasteiger partial charge in [-0.3, -0.25) is 4.79 Å². The van der Waals surface area contributed by atoms with Gasteiger partial charge in [-0.25, -0.2) is 0 Å².